The van der Waals surface area contributed by atoms with E-state index in [2.05, 4.69) is 31.3 Å². The number of carboxylic acids is 1. The van der Waals surface area contributed by atoms with Gasteiger partial charge in [0.25, 0.3) is 0 Å². The van der Waals surface area contributed by atoms with Crippen LogP contribution in [0, 0.1) is 13.8 Å². The zero-order valence-electron chi connectivity index (χ0n) is 10.4. The van der Waals surface area contributed by atoms with Crippen molar-refractivity contribution >= 4 is 5.97 Å². The number of hydrogen-bond donors (Lipinski definition) is 2. The summed E-state index contributed by atoms with van der Waals surface area (Å²) in [6, 6.07) is 6.03. The Balaban J connectivity index is 2.22. The molecule has 1 aliphatic heterocycles. The summed E-state index contributed by atoms with van der Waals surface area (Å²) in [5.74, 6) is -0.736. The molecule has 2 N–H and O–H groups in total. The predicted molar refractivity (Wildman–Crippen MR) is 67.1 cm³/mol. The fraction of sp³-hybridized carbons (Fsp3) is 0.500. The van der Waals surface area contributed by atoms with Gasteiger partial charge in [0.15, 0.2) is 0 Å². The van der Waals surface area contributed by atoms with Gasteiger partial charge in [-0.05, 0) is 49.8 Å². The molecule has 0 spiro atoms. The van der Waals surface area contributed by atoms with Gasteiger partial charge in [-0.2, -0.15) is 0 Å². The van der Waals surface area contributed by atoms with E-state index in [0.717, 1.165) is 19.3 Å². The monoisotopic (exact) mass is 233 g/mol. The van der Waals surface area contributed by atoms with Gasteiger partial charge in [0.1, 0.15) is 6.04 Å². The van der Waals surface area contributed by atoms with Gasteiger partial charge in [0.05, 0.1) is 0 Å². The first-order chi connectivity index (χ1) is 8.09. The summed E-state index contributed by atoms with van der Waals surface area (Å²) in [6.07, 6.45) is 2.73. The molecule has 0 radical (unpaired) electrons. The van der Waals surface area contributed by atoms with Gasteiger partial charge in [-0.25, -0.2) is 0 Å². The first-order valence-electron chi connectivity index (χ1n) is 6.14. The predicted octanol–water partition coefficient (Wildman–Crippen LogP) is 2.57. The summed E-state index contributed by atoms with van der Waals surface area (Å²) in [5.41, 5.74) is 3.79. The van der Waals surface area contributed by atoms with Crippen LogP contribution in [0.3, 0.4) is 0 Å². The van der Waals surface area contributed by atoms with E-state index in [1.807, 2.05) is 6.07 Å². The molecule has 92 valence electrons. The van der Waals surface area contributed by atoms with Crippen molar-refractivity contribution in [2.24, 2.45) is 0 Å². The zero-order valence-corrected chi connectivity index (χ0v) is 10.4. The summed E-state index contributed by atoms with van der Waals surface area (Å²) < 4.78 is 0. The minimum atomic E-state index is -0.736. The van der Waals surface area contributed by atoms with E-state index >= 15 is 0 Å². The molecular formula is C14H19NO2. The number of rotatable bonds is 2. The first-order valence-corrected chi connectivity index (χ1v) is 6.14. The lowest BCUT2D eigenvalue weighted by Crippen LogP contribution is -2.42. The molecule has 1 heterocycles. The van der Waals surface area contributed by atoms with Crippen molar-refractivity contribution in [3.63, 3.8) is 0 Å². The van der Waals surface area contributed by atoms with E-state index in [-0.39, 0.29) is 6.04 Å². The van der Waals surface area contributed by atoms with Crippen molar-refractivity contribution in [1.29, 1.82) is 0 Å². The third-order valence-electron chi connectivity index (χ3n) is 3.71. The van der Waals surface area contributed by atoms with Gasteiger partial charge in [-0.15, -0.1) is 0 Å². The molecule has 17 heavy (non-hydrogen) atoms. The summed E-state index contributed by atoms with van der Waals surface area (Å²) in [4.78, 5) is 11.0. The van der Waals surface area contributed by atoms with Crippen LogP contribution in [-0.4, -0.2) is 17.1 Å². The highest BCUT2D eigenvalue weighted by Crippen LogP contribution is 2.28. The van der Waals surface area contributed by atoms with Gasteiger partial charge in [0, 0.05) is 6.04 Å². The Kier molecular flexibility index (Phi) is 3.48. The van der Waals surface area contributed by atoms with Crippen LogP contribution in [0.5, 0.6) is 0 Å². The summed E-state index contributed by atoms with van der Waals surface area (Å²) in [5, 5.41) is 12.3. The van der Waals surface area contributed by atoms with Crippen molar-refractivity contribution in [2.75, 3.05) is 0 Å². The maximum absolute atomic E-state index is 11.0. The molecule has 0 amide bonds. The maximum Gasteiger partial charge on any atom is 0.320 e. The molecule has 1 fully saturated rings. The highest BCUT2D eigenvalue weighted by Gasteiger charge is 2.27. The van der Waals surface area contributed by atoms with Crippen LogP contribution >= 0.6 is 0 Å². The van der Waals surface area contributed by atoms with Crippen LogP contribution in [0.1, 0.15) is 42.0 Å². The Bertz CT molecular complexity index is 428. The van der Waals surface area contributed by atoms with Crippen LogP contribution in [0.4, 0.5) is 0 Å². The average Bonchev–Trinajstić information content (AvgIpc) is 2.33. The summed E-state index contributed by atoms with van der Waals surface area (Å²) in [7, 11) is 0. The highest BCUT2D eigenvalue weighted by molar-refractivity contribution is 5.73. The first kappa shape index (κ1) is 12.1. The van der Waals surface area contributed by atoms with Crippen LogP contribution in [0.2, 0.25) is 0 Å². The topological polar surface area (TPSA) is 49.3 Å². The minimum Gasteiger partial charge on any atom is -0.480 e. The molecule has 0 aliphatic carbocycles. The van der Waals surface area contributed by atoms with Crippen LogP contribution in [0.25, 0.3) is 0 Å². The van der Waals surface area contributed by atoms with Crippen molar-refractivity contribution in [3.8, 4) is 0 Å². The third kappa shape index (κ3) is 2.50. The average molecular weight is 233 g/mol. The van der Waals surface area contributed by atoms with Crippen molar-refractivity contribution in [2.45, 2.75) is 45.2 Å². The molecule has 2 unspecified atom stereocenters. The normalized spacial score (nSPS) is 24.6. The number of piperidine rings is 1. The second-order valence-corrected chi connectivity index (χ2v) is 4.83. The van der Waals surface area contributed by atoms with E-state index in [1.165, 1.54) is 16.7 Å². The van der Waals surface area contributed by atoms with E-state index in [1.54, 1.807) is 0 Å². The number of carboxylic acid groups (broad SMARTS) is 1. The molecule has 0 saturated carbocycles. The van der Waals surface area contributed by atoms with Gasteiger partial charge < -0.3 is 5.11 Å². The number of aliphatic carboxylic acids is 1. The molecule has 0 aromatic heterocycles. The number of nitrogens with one attached hydrogen (secondary N) is 1. The van der Waals surface area contributed by atoms with Crippen molar-refractivity contribution < 1.29 is 9.90 Å². The lowest BCUT2D eigenvalue weighted by atomic mass is 9.90. The molecule has 3 heteroatoms. The molecule has 3 nitrogen and oxygen atoms in total. The number of carbonyl (C=O) groups is 1. The van der Waals surface area contributed by atoms with E-state index in [9.17, 15) is 4.79 Å². The molecule has 1 aliphatic rings. The fourth-order valence-electron chi connectivity index (χ4n) is 2.53. The second kappa shape index (κ2) is 4.88. The molecular weight excluding hydrogens is 214 g/mol. The maximum atomic E-state index is 11.0. The van der Waals surface area contributed by atoms with Crippen molar-refractivity contribution in [3.05, 3.63) is 34.9 Å². The van der Waals surface area contributed by atoms with Gasteiger partial charge in [-0.3, -0.25) is 10.1 Å². The smallest absolute Gasteiger partial charge is 0.320 e. The number of hydrogen-bond acceptors (Lipinski definition) is 2. The Morgan fingerprint density at radius 3 is 2.82 bits per heavy atom. The molecule has 2 rings (SSSR count). The third-order valence-corrected chi connectivity index (χ3v) is 3.71. The molecule has 2 atom stereocenters. The Hall–Kier alpha value is -1.35. The molecule has 1 aromatic rings. The Morgan fingerprint density at radius 2 is 2.12 bits per heavy atom. The number of aryl methyl sites for hydroxylation is 1. The second-order valence-electron chi connectivity index (χ2n) is 4.83. The fourth-order valence-corrected chi connectivity index (χ4v) is 2.53. The zero-order chi connectivity index (χ0) is 12.4. The van der Waals surface area contributed by atoms with E-state index in [4.69, 9.17) is 5.11 Å². The lowest BCUT2D eigenvalue weighted by Gasteiger charge is -2.30. The Morgan fingerprint density at radius 1 is 1.35 bits per heavy atom. The minimum absolute atomic E-state index is 0.185. The Labute approximate surface area is 102 Å². The van der Waals surface area contributed by atoms with E-state index in [0.29, 0.717) is 0 Å². The SMILES string of the molecule is Cc1cccc(C2CCCC(C(=O)O)N2)c1C. The quantitative estimate of drug-likeness (QED) is 0.825. The van der Waals surface area contributed by atoms with Gasteiger partial charge >= 0.3 is 5.97 Å². The molecule has 0 bridgehead atoms. The van der Waals surface area contributed by atoms with Crippen molar-refractivity contribution in [1.82, 2.24) is 5.32 Å². The summed E-state index contributed by atoms with van der Waals surface area (Å²) in [6.45, 7) is 4.20. The van der Waals surface area contributed by atoms with Gasteiger partial charge in [-0.1, -0.05) is 18.2 Å². The van der Waals surface area contributed by atoms with Crippen LogP contribution in [0.15, 0.2) is 18.2 Å². The lowest BCUT2D eigenvalue weighted by molar-refractivity contribution is -0.140. The highest BCUT2D eigenvalue weighted by atomic mass is 16.4. The standard InChI is InChI=1S/C14H19NO2/c1-9-5-3-6-11(10(9)2)12-7-4-8-13(15-12)14(16)17/h3,5-6,12-13,15H,4,7-8H2,1-2H3,(H,16,17). The van der Waals surface area contributed by atoms with Crippen LogP contribution in [-0.2, 0) is 4.79 Å². The molecule has 1 aromatic carbocycles. The largest absolute Gasteiger partial charge is 0.480 e. The summed E-state index contributed by atoms with van der Waals surface area (Å²) >= 11 is 0. The van der Waals surface area contributed by atoms with Gasteiger partial charge in [0.2, 0.25) is 0 Å². The molecule has 1 saturated heterocycles. The van der Waals surface area contributed by atoms with E-state index < -0.39 is 12.0 Å². The van der Waals surface area contributed by atoms with Crippen LogP contribution < -0.4 is 5.32 Å². The number of benzene rings is 1.